The van der Waals surface area contributed by atoms with Gasteiger partial charge in [0.25, 0.3) is 0 Å². The lowest BCUT2D eigenvalue weighted by molar-refractivity contribution is 0.637. The third kappa shape index (κ3) is 3.75. The summed E-state index contributed by atoms with van der Waals surface area (Å²) in [7, 11) is 0. The third-order valence-corrected chi connectivity index (χ3v) is 3.73. The highest BCUT2D eigenvalue weighted by molar-refractivity contribution is 7.99. The fourth-order valence-electron chi connectivity index (χ4n) is 1.37. The Hall–Kier alpha value is -0.430. The Balaban J connectivity index is 2.58. The SMILES string of the molecule is CCC(C)CSc1cc(C)cc(C)c1. The third-order valence-electron chi connectivity index (χ3n) is 2.43. The summed E-state index contributed by atoms with van der Waals surface area (Å²) >= 11 is 1.98. The molecule has 0 aliphatic carbocycles. The molecule has 1 unspecified atom stereocenters. The van der Waals surface area contributed by atoms with E-state index in [9.17, 15) is 0 Å². The predicted octanol–water partition coefficient (Wildman–Crippen LogP) is 4.44. The van der Waals surface area contributed by atoms with Crippen molar-refractivity contribution >= 4 is 11.8 Å². The molecule has 1 atom stereocenters. The highest BCUT2D eigenvalue weighted by atomic mass is 32.2. The Morgan fingerprint density at radius 2 is 1.71 bits per heavy atom. The molecule has 1 aromatic carbocycles. The maximum atomic E-state index is 2.32. The first-order valence-corrected chi connectivity index (χ1v) is 6.31. The number of hydrogen-bond acceptors (Lipinski definition) is 1. The number of hydrogen-bond donors (Lipinski definition) is 0. The van der Waals surface area contributed by atoms with Crippen LogP contribution in [-0.2, 0) is 0 Å². The zero-order valence-electron chi connectivity index (χ0n) is 9.63. The standard InChI is InChI=1S/C13H20S/c1-5-10(2)9-14-13-7-11(3)6-12(4)8-13/h6-8,10H,5,9H2,1-4H3. The molecule has 0 nitrogen and oxygen atoms in total. The van der Waals surface area contributed by atoms with Gasteiger partial charge >= 0.3 is 0 Å². The molecule has 0 bridgehead atoms. The molecule has 0 saturated carbocycles. The van der Waals surface area contributed by atoms with Crippen LogP contribution in [0.15, 0.2) is 23.1 Å². The van der Waals surface area contributed by atoms with Gasteiger partial charge in [-0.1, -0.05) is 26.3 Å². The molecular formula is C13H20S. The van der Waals surface area contributed by atoms with Gasteiger partial charge in [-0.15, -0.1) is 11.8 Å². The maximum absolute atomic E-state index is 2.32. The molecule has 1 rings (SSSR count). The number of aryl methyl sites for hydroxylation is 2. The minimum absolute atomic E-state index is 0.820. The zero-order chi connectivity index (χ0) is 10.6. The van der Waals surface area contributed by atoms with Gasteiger partial charge in [-0.25, -0.2) is 0 Å². The van der Waals surface area contributed by atoms with Crippen molar-refractivity contribution in [3.8, 4) is 0 Å². The normalized spacial score (nSPS) is 12.9. The summed E-state index contributed by atoms with van der Waals surface area (Å²) < 4.78 is 0. The van der Waals surface area contributed by atoms with E-state index in [0.717, 1.165) is 5.92 Å². The summed E-state index contributed by atoms with van der Waals surface area (Å²) in [5.74, 6) is 2.06. The Kier molecular flexibility index (Phi) is 4.53. The van der Waals surface area contributed by atoms with Gasteiger partial charge in [0.2, 0.25) is 0 Å². The van der Waals surface area contributed by atoms with Gasteiger partial charge in [0.15, 0.2) is 0 Å². The van der Waals surface area contributed by atoms with E-state index in [2.05, 4.69) is 45.9 Å². The molecule has 0 N–H and O–H groups in total. The second-order valence-corrected chi connectivity index (χ2v) is 5.24. The van der Waals surface area contributed by atoms with Crippen LogP contribution in [0.4, 0.5) is 0 Å². The highest BCUT2D eigenvalue weighted by Crippen LogP contribution is 2.23. The first kappa shape index (κ1) is 11.6. The summed E-state index contributed by atoms with van der Waals surface area (Å²) in [5, 5.41) is 0. The average molecular weight is 208 g/mol. The van der Waals surface area contributed by atoms with E-state index in [1.807, 2.05) is 11.8 Å². The second-order valence-electron chi connectivity index (χ2n) is 4.15. The molecule has 0 spiro atoms. The minimum Gasteiger partial charge on any atom is -0.126 e. The molecule has 0 aliphatic heterocycles. The summed E-state index contributed by atoms with van der Waals surface area (Å²) in [5.41, 5.74) is 2.74. The minimum atomic E-state index is 0.820. The summed E-state index contributed by atoms with van der Waals surface area (Å²) in [6, 6.07) is 6.79. The Morgan fingerprint density at radius 1 is 1.14 bits per heavy atom. The van der Waals surface area contributed by atoms with Crippen LogP contribution in [0.3, 0.4) is 0 Å². The summed E-state index contributed by atoms with van der Waals surface area (Å²) in [6.45, 7) is 8.91. The Morgan fingerprint density at radius 3 is 2.21 bits per heavy atom. The Bertz CT molecular complexity index is 271. The molecule has 78 valence electrons. The van der Waals surface area contributed by atoms with E-state index < -0.39 is 0 Å². The molecule has 0 fully saturated rings. The molecule has 0 saturated heterocycles. The lowest BCUT2D eigenvalue weighted by Crippen LogP contribution is -1.95. The van der Waals surface area contributed by atoms with Crippen molar-refractivity contribution in [2.24, 2.45) is 5.92 Å². The highest BCUT2D eigenvalue weighted by Gasteiger charge is 2.01. The van der Waals surface area contributed by atoms with E-state index in [1.165, 1.54) is 28.2 Å². The quantitative estimate of drug-likeness (QED) is 0.659. The first-order valence-electron chi connectivity index (χ1n) is 5.33. The molecule has 0 heterocycles. The molecule has 1 aromatic rings. The van der Waals surface area contributed by atoms with E-state index in [-0.39, 0.29) is 0 Å². The van der Waals surface area contributed by atoms with E-state index >= 15 is 0 Å². The van der Waals surface area contributed by atoms with E-state index in [0.29, 0.717) is 0 Å². The molecular weight excluding hydrogens is 188 g/mol. The van der Waals surface area contributed by atoms with Crippen LogP contribution < -0.4 is 0 Å². The molecule has 0 aliphatic rings. The summed E-state index contributed by atoms with van der Waals surface area (Å²) in [4.78, 5) is 1.42. The topological polar surface area (TPSA) is 0 Å². The van der Waals surface area contributed by atoms with Crippen molar-refractivity contribution in [3.63, 3.8) is 0 Å². The van der Waals surface area contributed by atoms with Gasteiger partial charge < -0.3 is 0 Å². The zero-order valence-corrected chi connectivity index (χ0v) is 10.4. The van der Waals surface area contributed by atoms with E-state index in [4.69, 9.17) is 0 Å². The lowest BCUT2D eigenvalue weighted by atomic mass is 10.2. The van der Waals surface area contributed by atoms with Crippen LogP contribution in [0.1, 0.15) is 31.4 Å². The Labute approximate surface area is 92.1 Å². The van der Waals surface area contributed by atoms with Crippen LogP contribution in [0, 0.1) is 19.8 Å². The number of thioether (sulfide) groups is 1. The van der Waals surface area contributed by atoms with Crippen LogP contribution in [0.5, 0.6) is 0 Å². The predicted molar refractivity (Wildman–Crippen MR) is 66.1 cm³/mol. The van der Waals surface area contributed by atoms with Crippen LogP contribution >= 0.6 is 11.8 Å². The lowest BCUT2D eigenvalue weighted by Gasteiger charge is -2.08. The molecule has 0 aromatic heterocycles. The van der Waals surface area contributed by atoms with Crippen molar-refractivity contribution < 1.29 is 0 Å². The van der Waals surface area contributed by atoms with Gasteiger partial charge in [0.05, 0.1) is 0 Å². The van der Waals surface area contributed by atoms with Gasteiger partial charge in [-0.2, -0.15) is 0 Å². The first-order chi connectivity index (χ1) is 6.61. The average Bonchev–Trinajstić information content (AvgIpc) is 2.12. The van der Waals surface area contributed by atoms with Crippen LogP contribution in [-0.4, -0.2) is 5.75 Å². The molecule has 14 heavy (non-hydrogen) atoms. The van der Waals surface area contributed by atoms with E-state index in [1.54, 1.807) is 0 Å². The van der Waals surface area contributed by atoms with Crippen molar-refractivity contribution in [3.05, 3.63) is 29.3 Å². The monoisotopic (exact) mass is 208 g/mol. The summed E-state index contributed by atoms with van der Waals surface area (Å²) in [6.07, 6.45) is 1.28. The van der Waals surface area contributed by atoms with Crippen molar-refractivity contribution in [2.45, 2.75) is 39.0 Å². The van der Waals surface area contributed by atoms with Gasteiger partial charge in [0, 0.05) is 10.6 Å². The van der Waals surface area contributed by atoms with Crippen LogP contribution in [0.2, 0.25) is 0 Å². The van der Waals surface area contributed by atoms with Crippen molar-refractivity contribution in [2.75, 3.05) is 5.75 Å². The maximum Gasteiger partial charge on any atom is 0.00773 e. The smallest absolute Gasteiger partial charge is 0.00773 e. The number of benzene rings is 1. The fraction of sp³-hybridized carbons (Fsp3) is 0.538. The largest absolute Gasteiger partial charge is 0.126 e. The van der Waals surface area contributed by atoms with Crippen molar-refractivity contribution in [1.82, 2.24) is 0 Å². The van der Waals surface area contributed by atoms with Crippen LogP contribution in [0.25, 0.3) is 0 Å². The fourth-order valence-corrected chi connectivity index (χ4v) is 2.62. The van der Waals surface area contributed by atoms with Gasteiger partial charge in [0.1, 0.15) is 0 Å². The second kappa shape index (κ2) is 5.45. The number of rotatable bonds is 4. The molecule has 0 radical (unpaired) electrons. The molecule has 1 heteroatoms. The van der Waals surface area contributed by atoms with Gasteiger partial charge in [-0.3, -0.25) is 0 Å². The molecule has 0 amide bonds. The van der Waals surface area contributed by atoms with Crippen molar-refractivity contribution in [1.29, 1.82) is 0 Å². The van der Waals surface area contributed by atoms with Gasteiger partial charge in [-0.05, 0) is 43.0 Å².